The molecule has 0 aromatic carbocycles. The highest BCUT2D eigenvalue weighted by Crippen LogP contribution is 2.10. The van der Waals surface area contributed by atoms with E-state index in [9.17, 15) is 0 Å². The summed E-state index contributed by atoms with van der Waals surface area (Å²) >= 11 is 0. The van der Waals surface area contributed by atoms with Gasteiger partial charge in [0, 0.05) is 51.9 Å². The van der Waals surface area contributed by atoms with Crippen LogP contribution in [0.25, 0.3) is 0 Å². The van der Waals surface area contributed by atoms with Gasteiger partial charge in [-0.25, -0.2) is 0 Å². The summed E-state index contributed by atoms with van der Waals surface area (Å²) in [5.41, 5.74) is 5.86. The van der Waals surface area contributed by atoms with E-state index in [1.807, 2.05) is 0 Å². The Kier molecular flexibility index (Phi) is 7.04. The van der Waals surface area contributed by atoms with Crippen LogP contribution in [-0.2, 0) is 0 Å². The third-order valence-electron chi connectivity index (χ3n) is 3.68. The summed E-state index contributed by atoms with van der Waals surface area (Å²) in [6.07, 6.45) is 2.48. The maximum atomic E-state index is 5.86. The van der Waals surface area contributed by atoms with E-state index in [4.69, 9.17) is 5.73 Å². The number of rotatable bonds is 7. The van der Waals surface area contributed by atoms with E-state index >= 15 is 0 Å². The van der Waals surface area contributed by atoms with Gasteiger partial charge >= 0.3 is 0 Å². The van der Waals surface area contributed by atoms with Crippen LogP contribution in [0, 0.1) is 0 Å². The molecule has 0 aromatic heterocycles. The lowest BCUT2D eigenvalue weighted by Gasteiger charge is -2.39. The van der Waals surface area contributed by atoms with Gasteiger partial charge in [0.1, 0.15) is 0 Å². The summed E-state index contributed by atoms with van der Waals surface area (Å²) < 4.78 is 0. The van der Waals surface area contributed by atoms with Crippen LogP contribution in [0.4, 0.5) is 0 Å². The number of nitrogens with zero attached hydrogens (tertiary/aromatic N) is 3. The van der Waals surface area contributed by atoms with Gasteiger partial charge in [0.05, 0.1) is 0 Å². The molecule has 0 radical (unpaired) electrons. The normalized spacial score (nSPS) is 21.0. The van der Waals surface area contributed by atoms with Crippen molar-refractivity contribution in [2.75, 3.05) is 59.9 Å². The largest absolute Gasteiger partial charge is 0.329 e. The molecule has 1 atom stereocenters. The van der Waals surface area contributed by atoms with Crippen LogP contribution in [0.3, 0.4) is 0 Å². The Balaban J connectivity index is 2.24. The fourth-order valence-electron chi connectivity index (χ4n) is 2.48. The van der Waals surface area contributed by atoms with Gasteiger partial charge in [0.25, 0.3) is 0 Å². The number of piperazine rings is 1. The standard InChI is InChI=1S/C13H30N4/c1-4-5-13(12-14)17-10-8-16(9-11-17)7-6-15(2)3/h13H,4-12,14H2,1-3H3. The van der Waals surface area contributed by atoms with Gasteiger partial charge in [-0.15, -0.1) is 0 Å². The molecule has 0 aromatic rings. The van der Waals surface area contributed by atoms with Crippen LogP contribution < -0.4 is 5.73 Å². The topological polar surface area (TPSA) is 35.7 Å². The third-order valence-corrected chi connectivity index (χ3v) is 3.68. The van der Waals surface area contributed by atoms with Gasteiger partial charge in [-0.2, -0.15) is 0 Å². The zero-order chi connectivity index (χ0) is 12.7. The summed E-state index contributed by atoms with van der Waals surface area (Å²) in [6.45, 7) is 10.2. The summed E-state index contributed by atoms with van der Waals surface area (Å²) in [5.74, 6) is 0. The maximum absolute atomic E-state index is 5.86. The molecule has 1 rings (SSSR count). The molecule has 17 heavy (non-hydrogen) atoms. The van der Waals surface area contributed by atoms with E-state index < -0.39 is 0 Å². The van der Waals surface area contributed by atoms with Crippen molar-refractivity contribution in [3.05, 3.63) is 0 Å². The molecule has 1 unspecified atom stereocenters. The molecule has 1 heterocycles. The Morgan fingerprint density at radius 1 is 1.18 bits per heavy atom. The first-order valence-corrected chi connectivity index (χ1v) is 6.98. The van der Waals surface area contributed by atoms with Gasteiger partial charge in [0.15, 0.2) is 0 Å². The van der Waals surface area contributed by atoms with Crippen molar-refractivity contribution in [1.29, 1.82) is 0 Å². The van der Waals surface area contributed by atoms with Crippen molar-refractivity contribution in [3.8, 4) is 0 Å². The van der Waals surface area contributed by atoms with Crippen LogP contribution in [0.1, 0.15) is 19.8 Å². The molecule has 1 fully saturated rings. The molecule has 0 bridgehead atoms. The van der Waals surface area contributed by atoms with Crippen LogP contribution >= 0.6 is 0 Å². The summed E-state index contributed by atoms with van der Waals surface area (Å²) in [5, 5.41) is 0. The second-order valence-electron chi connectivity index (χ2n) is 5.36. The molecule has 0 saturated carbocycles. The van der Waals surface area contributed by atoms with Crippen molar-refractivity contribution in [2.24, 2.45) is 5.73 Å². The third kappa shape index (κ3) is 5.34. The molecule has 102 valence electrons. The van der Waals surface area contributed by atoms with Gasteiger partial charge in [-0.1, -0.05) is 13.3 Å². The Hall–Kier alpha value is -0.160. The lowest BCUT2D eigenvalue weighted by molar-refractivity contribution is 0.0904. The van der Waals surface area contributed by atoms with E-state index in [0.29, 0.717) is 6.04 Å². The zero-order valence-electron chi connectivity index (χ0n) is 11.9. The molecule has 0 aliphatic carbocycles. The van der Waals surface area contributed by atoms with Gasteiger partial charge in [0.2, 0.25) is 0 Å². The first-order valence-electron chi connectivity index (χ1n) is 6.98. The minimum absolute atomic E-state index is 0.607. The molecule has 2 N–H and O–H groups in total. The van der Waals surface area contributed by atoms with Crippen LogP contribution in [0.2, 0.25) is 0 Å². The number of likely N-dealkylation sites (N-methyl/N-ethyl adjacent to an activating group) is 1. The smallest absolute Gasteiger partial charge is 0.0219 e. The van der Waals surface area contributed by atoms with E-state index in [1.165, 1.54) is 45.6 Å². The summed E-state index contributed by atoms with van der Waals surface area (Å²) in [6, 6.07) is 0.607. The number of hydrogen-bond donors (Lipinski definition) is 1. The molecule has 1 aliphatic rings. The van der Waals surface area contributed by atoms with Crippen molar-refractivity contribution in [3.63, 3.8) is 0 Å². The number of nitrogens with two attached hydrogens (primary N) is 1. The van der Waals surface area contributed by atoms with E-state index in [1.54, 1.807) is 0 Å². The minimum Gasteiger partial charge on any atom is -0.329 e. The van der Waals surface area contributed by atoms with Crippen LogP contribution in [0.15, 0.2) is 0 Å². The van der Waals surface area contributed by atoms with E-state index in [-0.39, 0.29) is 0 Å². The van der Waals surface area contributed by atoms with Gasteiger partial charge < -0.3 is 10.6 Å². The SMILES string of the molecule is CCCC(CN)N1CCN(CCN(C)C)CC1. The van der Waals surface area contributed by atoms with E-state index in [2.05, 4.69) is 35.7 Å². The lowest BCUT2D eigenvalue weighted by atomic mass is 10.1. The monoisotopic (exact) mass is 242 g/mol. The van der Waals surface area contributed by atoms with Crippen molar-refractivity contribution in [2.45, 2.75) is 25.8 Å². The van der Waals surface area contributed by atoms with Gasteiger partial charge in [-0.3, -0.25) is 9.80 Å². The van der Waals surface area contributed by atoms with Crippen molar-refractivity contribution in [1.82, 2.24) is 14.7 Å². The Morgan fingerprint density at radius 2 is 1.82 bits per heavy atom. The molecule has 0 amide bonds. The Morgan fingerprint density at radius 3 is 2.29 bits per heavy atom. The molecule has 4 nitrogen and oxygen atoms in total. The fraction of sp³-hybridized carbons (Fsp3) is 1.00. The lowest BCUT2D eigenvalue weighted by Crippen LogP contribution is -2.53. The van der Waals surface area contributed by atoms with Crippen molar-refractivity contribution >= 4 is 0 Å². The first kappa shape index (κ1) is 14.9. The molecule has 1 saturated heterocycles. The highest BCUT2D eigenvalue weighted by atomic mass is 15.3. The Labute approximate surface area is 107 Å². The first-order chi connectivity index (χ1) is 8.17. The quantitative estimate of drug-likeness (QED) is 0.696. The van der Waals surface area contributed by atoms with Crippen LogP contribution in [-0.4, -0.2) is 80.7 Å². The number of hydrogen-bond acceptors (Lipinski definition) is 4. The van der Waals surface area contributed by atoms with Crippen LogP contribution in [0.5, 0.6) is 0 Å². The average molecular weight is 242 g/mol. The highest BCUT2D eigenvalue weighted by Gasteiger charge is 2.21. The average Bonchev–Trinajstić information content (AvgIpc) is 2.34. The minimum atomic E-state index is 0.607. The van der Waals surface area contributed by atoms with Crippen molar-refractivity contribution < 1.29 is 0 Å². The summed E-state index contributed by atoms with van der Waals surface area (Å²) in [7, 11) is 4.28. The van der Waals surface area contributed by atoms with E-state index in [0.717, 1.165) is 13.1 Å². The molecular weight excluding hydrogens is 212 g/mol. The zero-order valence-corrected chi connectivity index (χ0v) is 11.9. The predicted molar refractivity (Wildman–Crippen MR) is 74.3 cm³/mol. The highest BCUT2D eigenvalue weighted by molar-refractivity contribution is 4.79. The summed E-state index contributed by atoms with van der Waals surface area (Å²) in [4.78, 5) is 7.40. The molecule has 1 aliphatic heterocycles. The second-order valence-corrected chi connectivity index (χ2v) is 5.36. The fourth-order valence-corrected chi connectivity index (χ4v) is 2.48. The molecule has 4 heteroatoms. The second kappa shape index (κ2) is 8.03. The predicted octanol–water partition coefficient (Wildman–Crippen LogP) is 0.293. The van der Waals surface area contributed by atoms with Gasteiger partial charge in [-0.05, 0) is 20.5 Å². The Bertz CT molecular complexity index is 188. The molecular formula is C13H30N4. The maximum Gasteiger partial charge on any atom is 0.0219 e. The molecule has 0 spiro atoms.